The summed E-state index contributed by atoms with van der Waals surface area (Å²) in [6.45, 7) is 0.412. The van der Waals surface area contributed by atoms with Crippen molar-refractivity contribution < 1.29 is 4.92 Å². The number of hydrogen-bond acceptors (Lipinski definition) is 6. The predicted octanol–water partition coefficient (Wildman–Crippen LogP) is 4.39. The largest absolute Gasteiger partial charge is 0.360 e. The Morgan fingerprint density at radius 3 is 2.52 bits per heavy atom. The quantitative estimate of drug-likeness (QED) is 0.503. The highest BCUT2D eigenvalue weighted by Gasteiger charge is 2.23. The van der Waals surface area contributed by atoms with Gasteiger partial charge in [-0.1, -0.05) is 48.0 Å². The van der Waals surface area contributed by atoms with Gasteiger partial charge in [0.05, 0.1) is 4.92 Å². The van der Waals surface area contributed by atoms with Crippen molar-refractivity contribution in [1.29, 1.82) is 0 Å². The molecule has 8 heteroatoms. The Kier molecular flexibility index (Phi) is 5.06. The van der Waals surface area contributed by atoms with E-state index in [9.17, 15) is 10.1 Å². The van der Waals surface area contributed by atoms with Gasteiger partial charge in [-0.15, -0.1) is 0 Å². The van der Waals surface area contributed by atoms with E-state index in [4.69, 9.17) is 11.6 Å². The van der Waals surface area contributed by atoms with E-state index in [0.29, 0.717) is 17.3 Å². The highest BCUT2D eigenvalue weighted by Crippen LogP contribution is 2.31. The number of nitrogens with one attached hydrogen (secondary N) is 2. The Labute approximate surface area is 148 Å². The molecule has 2 N–H and O–H groups in total. The number of benzene rings is 2. The Hall–Kier alpha value is -3.19. The van der Waals surface area contributed by atoms with Gasteiger partial charge in [-0.05, 0) is 23.8 Å². The Morgan fingerprint density at radius 1 is 1.04 bits per heavy atom. The van der Waals surface area contributed by atoms with E-state index >= 15 is 0 Å². The van der Waals surface area contributed by atoms with Crippen LogP contribution in [0, 0.1) is 10.1 Å². The van der Waals surface area contributed by atoms with Gasteiger partial charge in [0.15, 0.2) is 0 Å². The monoisotopic (exact) mass is 355 g/mol. The minimum Gasteiger partial charge on any atom is -0.360 e. The van der Waals surface area contributed by atoms with Crippen LogP contribution in [0.5, 0.6) is 0 Å². The third-order valence-electron chi connectivity index (χ3n) is 3.39. The van der Waals surface area contributed by atoms with Crippen LogP contribution in [-0.4, -0.2) is 14.9 Å². The summed E-state index contributed by atoms with van der Waals surface area (Å²) in [6, 6.07) is 16.4. The lowest BCUT2D eigenvalue weighted by Gasteiger charge is -2.10. The molecule has 126 valence electrons. The van der Waals surface area contributed by atoms with Crippen LogP contribution in [0.1, 0.15) is 5.56 Å². The molecule has 7 nitrogen and oxygen atoms in total. The van der Waals surface area contributed by atoms with Crippen molar-refractivity contribution in [3.8, 4) is 0 Å². The number of nitro groups is 1. The van der Waals surface area contributed by atoms with Crippen molar-refractivity contribution in [2.75, 3.05) is 10.6 Å². The zero-order valence-electron chi connectivity index (χ0n) is 13.0. The average Bonchev–Trinajstić information content (AvgIpc) is 2.61. The molecule has 25 heavy (non-hydrogen) atoms. The molecule has 3 rings (SSSR count). The average molecular weight is 356 g/mol. The van der Waals surface area contributed by atoms with Gasteiger partial charge < -0.3 is 10.6 Å². The summed E-state index contributed by atoms with van der Waals surface area (Å²) >= 11 is 5.94. The van der Waals surface area contributed by atoms with Gasteiger partial charge in [-0.3, -0.25) is 10.1 Å². The molecule has 1 heterocycles. The minimum absolute atomic E-state index is 0.0952. The summed E-state index contributed by atoms with van der Waals surface area (Å²) in [7, 11) is 0. The molecule has 0 atom stereocenters. The van der Waals surface area contributed by atoms with E-state index in [1.165, 1.54) is 6.33 Å². The summed E-state index contributed by atoms with van der Waals surface area (Å²) < 4.78 is 0. The van der Waals surface area contributed by atoms with Crippen molar-refractivity contribution in [2.45, 2.75) is 6.54 Å². The first-order chi connectivity index (χ1) is 12.1. The van der Waals surface area contributed by atoms with Crippen LogP contribution in [0.4, 0.5) is 23.0 Å². The summed E-state index contributed by atoms with van der Waals surface area (Å²) in [6.07, 6.45) is 1.27. The highest BCUT2D eigenvalue weighted by molar-refractivity contribution is 6.30. The summed E-state index contributed by atoms with van der Waals surface area (Å²) in [5.74, 6) is 0.242. The second-order valence-corrected chi connectivity index (χ2v) is 5.59. The van der Waals surface area contributed by atoms with Crippen molar-refractivity contribution in [3.05, 3.63) is 81.6 Å². The first-order valence-electron chi connectivity index (χ1n) is 7.43. The van der Waals surface area contributed by atoms with Gasteiger partial charge >= 0.3 is 5.69 Å². The maximum Gasteiger partial charge on any atom is 0.353 e. The topological polar surface area (TPSA) is 93.0 Å². The minimum atomic E-state index is -0.514. The number of nitrogens with zero attached hydrogens (tertiary/aromatic N) is 3. The zero-order valence-corrected chi connectivity index (χ0v) is 13.8. The van der Waals surface area contributed by atoms with Crippen LogP contribution in [0.15, 0.2) is 60.9 Å². The Balaban J connectivity index is 1.87. The second-order valence-electron chi connectivity index (χ2n) is 5.15. The maximum atomic E-state index is 11.5. The molecule has 0 spiro atoms. The molecule has 0 aliphatic heterocycles. The molecule has 0 saturated carbocycles. The fourth-order valence-corrected chi connectivity index (χ4v) is 2.45. The van der Waals surface area contributed by atoms with Gasteiger partial charge in [0.1, 0.15) is 6.33 Å². The van der Waals surface area contributed by atoms with E-state index in [-0.39, 0.29) is 17.3 Å². The number of anilines is 3. The number of rotatable bonds is 6. The lowest BCUT2D eigenvalue weighted by atomic mass is 10.2. The Morgan fingerprint density at radius 2 is 1.80 bits per heavy atom. The zero-order chi connectivity index (χ0) is 17.6. The summed E-state index contributed by atoms with van der Waals surface area (Å²) in [5, 5.41) is 18.0. The SMILES string of the molecule is O=[N+]([O-])c1c(NCc2ccccc2)ncnc1Nc1cccc(Cl)c1. The fourth-order valence-electron chi connectivity index (χ4n) is 2.26. The van der Waals surface area contributed by atoms with Crippen molar-refractivity contribution in [3.63, 3.8) is 0 Å². The van der Waals surface area contributed by atoms with Crippen LogP contribution in [0.3, 0.4) is 0 Å². The van der Waals surface area contributed by atoms with Gasteiger partial charge in [0.2, 0.25) is 11.6 Å². The van der Waals surface area contributed by atoms with E-state index < -0.39 is 4.92 Å². The normalized spacial score (nSPS) is 10.3. The third kappa shape index (κ3) is 4.21. The Bertz CT molecular complexity index is 889. The molecule has 3 aromatic rings. The molecule has 0 aliphatic rings. The summed E-state index contributed by atoms with van der Waals surface area (Å²) in [5.41, 5.74) is 1.36. The van der Waals surface area contributed by atoms with Crippen LogP contribution < -0.4 is 10.6 Å². The maximum absolute atomic E-state index is 11.5. The van der Waals surface area contributed by atoms with Gasteiger partial charge in [-0.25, -0.2) is 9.97 Å². The number of hydrogen-bond donors (Lipinski definition) is 2. The molecule has 2 aromatic carbocycles. The van der Waals surface area contributed by atoms with Crippen LogP contribution in [-0.2, 0) is 6.54 Å². The molecule has 0 bridgehead atoms. The molecule has 0 fully saturated rings. The second kappa shape index (κ2) is 7.59. The molecule has 0 saturated heterocycles. The van der Waals surface area contributed by atoms with Crippen LogP contribution in [0.25, 0.3) is 0 Å². The fraction of sp³-hybridized carbons (Fsp3) is 0.0588. The molecule has 1 aromatic heterocycles. The molecular formula is C17H14ClN5O2. The first-order valence-corrected chi connectivity index (χ1v) is 7.81. The molecule has 0 aliphatic carbocycles. The molecule has 0 amide bonds. The molecule has 0 radical (unpaired) electrons. The standard InChI is InChI=1S/C17H14ClN5O2/c18-13-7-4-8-14(9-13)22-17-15(23(24)25)16(20-11-21-17)19-10-12-5-2-1-3-6-12/h1-9,11H,10H2,(H2,19,20,21,22). The van der Waals surface area contributed by atoms with Gasteiger partial charge in [0, 0.05) is 17.3 Å². The summed E-state index contributed by atoms with van der Waals surface area (Å²) in [4.78, 5) is 19.0. The first kappa shape index (κ1) is 16.7. The van der Waals surface area contributed by atoms with Crippen molar-refractivity contribution in [2.24, 2.45) is 0 Å². The lowest BCUT2D eigenvalue weighted by molar-refractivity contribution is -0.383. The van der Waals surface area contributed by atoms with Gasteiger partial charge in [-0.2, -0.15) is 0 Å². The van der Waals surface area contributed by atoms with Crippen LogP contribution in [0.2, 0.25) is 5.02 Å². The van der Waals surface area contributed by atoms with Crippen LogP contribution >= 0.6 is 11.6 Å². The van der Waals surface area contributed by atoms with E-state index in [0.717, 1.165) is 5.56 Å². The third-order valence-corrected chi connectivity index (χ3v) is 3.63. The number of aromatic nitrogens is 2. The highest BCUT2D eigenvalue weighted by atomic mass is 35.5. The lowest BCUT2D eigenvalue weighted by Crippen LogP contribution is -2.08. The van der Waals surface area contributed by atoms with Crippen molar-refractivity contribution in [1.82, 2.24) is 9.97 Å². The van der Waals surface area contributed by atoms with Crippen molar-refractivity contribution >= 4 is 34.6 Å². The smallest absolute Gasteiger partial charge is 0.353 e. The van der Waals surface area contributed by atoms with E-state index in [1.807, 2.05) is 30.3 Å². The number of halogens is 1. The predicted molar refractivity (Wildman–Crippen MR) is 97.2 cm³/mol. The molecule has 0 unspecified atom stereocenters. The molecular weight excluding hydrogens is 342 g/mol. The van der Waals surface area contributed by atoms with E-state index in [1.54, 1.807) is 24.3 Å². The van der Waals surface area contributed by atoms with E-state index in [2.05, 4.69) is 20.6 Å². The van der Waals surface area contributed by atoms with Gasteiger partial charge in [0.25, 0.3) is 0 Å².